The van der Waals surface area contributed by atoms with E-state index in [0.29, 0.717) is 12.2 Å². The molecule has 0 spiro atoms. The predicted octanol–water partition coefficient (Wildman–Crippen LogP) is 3.46. The van der Waals surface area contributed by atoms with Gasteiger partial charge in [0.1, 0.15) is 0 Å². The quantitative estimate of drug-likeness (QED) is 0.708. The summed E-state index contributed by atoms with van der Waals surface area (Å²) in [5, 5.41) is 10.4. The van der Waals surface area contributed by atoms with E-state index in [1.165, 1.54) is 5.56 Å². The zero-order valence-corrected chi connectivity index (χ0v) is 15.5. The Labute approximate surface area is 159 Å². The molecule has 1 aromatic heterocycles. The van der Waals surface area contributed by atoms with E-state index in [1.54, 1.807) is 0 Å². The van der Waals surface area contributed by atoms with Crippen LogP contribution in [0.2, 0.25) is 0 Å². The van der Waals surface area contributed by atoms with E-state index < -0.39 is 0 Å². The second-order valence-corrected chi connectivity index (χ2v) is 7.19. The first-order chi connectivity index (χ1) is 13.2. The van der Waals surface area contributed by atoms with Gasteiger partial charge in [0.15, 0.2) is 5.82 Å². The Bertz CT molecular complexity index is 932. The first-order valence-corrected chi connectivity index (χ1v) is 9.35. The van der Waals surface area contributed by atoms with Gasteiger partial charge < -0.3 is 5.32 Å². The molecule has 0 fully saturated rings. The number of fused-ring (bicyclic) bond motifs is 1. The molecule has 2 N–H and O–H groups in total. The lowest BCUT2D eigenvalue weighted by molar-refractivity contribution is -0.115. The molecule has 0 saturated heterocycles. The highest BCUT2D eigenvalue weighted by Crippen LogP contribution is 2.27. The highest BCUT2D eigenvalue weighted by Gasteiger charge is 2.25. The van der Waals surface area contributed by atoms with Crippen LogP contribution in [-0.2, 0) is 30.7 Å². The van der Waals surface area contributed by atoms with Crippen molar-refractivity contribution in [3.8, 4) is 0 Å². The Morgan fingerprint density at radius 1 is 1.11 bits per heavy atom. The normalized spacial score (nSPS) is 13.5. The number of anilines is 1. The highest BCUT2D eigenvalue weighted by atomic mass is 16.1. The van der Waals surface area contributed by atoms with Gasteiger partial charge in [0.25, 0.3) is 0 Å². The monoisotopic (exact) mass is 360 g/mol. The maximum absolute atomic E-state index is 12.4. The van der Waals surface area contributed by atoms with Crippen LogP contribution in [0.3, 0.4) is 0 Å². The summed E-state index contributed by atoms with van der Waals surface area (Å²) in [5.41, 5.74) is 5.74. The Kier molecular flexibility index (Phi) is 5.03. The smallest absolute Gasteiger partial charge is 0.230 e. The highest BCUT2D eigenvalue weighted by molar-refractivity contribution is 5.92. The number of carbonyl (C=O) groups excluding carboxylic acids is 1. The fourth-order valence-electron chi connectivity index (χ4n) is 3.58. The van der Waals surface area contributed by atoms with E-state index in [9.17, 15) is 4.79 Å². The summed E-state index contributed by atoms with van der Waals surface area (Å²) in [5.74, 6) is 0.641. The summed E-state index contributed by atoms with van der Waals surface area (Å²) in [6.45, 7) is 4.69. The lowest BCUT2D eigenvalue weighted by Gasteiger charge is -2.15. The molecule has 2 heterocycles. The molecule has 1 aliphatic heterocycles. The molecular weight excluding hydrogens is 336 g/mol. The van der Waals surface area contributed by atoms with Crippen LogP contribution in [0, 0.1) is 6.92 Å². The Morgan fingerprint density at radius 2 is 1.93 bits per heavy atom. The average Bonchev–Trinajstić information content (AvgIpc) is 3.22. The van der Waals surface area contributed by atoms with Crippen LogP contribution in [0.25, 0.3) is 0 Å². The van der Waals surface area contributed by atoms with E-state index in [4.69, 9.17) is 0 Å². The Morgan fingerprint density at radius 3 is 2.74 bits per heavy atom. The zero-order valence-electron chi connectivity index (χ0n) is 15.5. The van der Waals surface area contributed by atoms with Gasteiger partial charge in [0.05, 0.1) is 12.1 Å². The molecule has 2 aromatic carbocycles. The van der Waals surface area contributed by atoms with E-state index in [1.807, 2.05) is 37.3 Å². The van der Waals surface area contributed by atoms with E-state index in [2.05, 4.69) is 44.7 Å². The van der Waals surface area contributed by atoms with Crippen molar-refractivity contribution < 1.29 is 4.79 Å². The SMILES string of the molecule is Cc1cccc(CC(=O)Nc2n[nH]c3c2CN(CCc2ccccc2)C3)c1. The Hall–Kier alpha value is -2.92. The molecule has 0 atom stereocenters. The molecule has 0 bridgehead atoms. The lowest BCUT2D eigenvalue weighted by Crippen LogP contribution is -2.21. The summed E-state index contributed by atoms with van der Waals surface area (Å²) < 4.78 is 0. The number of aromatic amines is 1. The molecule has 0 aliphatic carbocycles. The van der Waals surface area contributed by atoms with Gasteiger partial charge in [-0.3, -0.25) is 14.8 Å². The van der Waals surface area contributed by atoms with Crippen LogP contribution in [0.1, 0.15) is 27.9 Å². The van der Waals surface area contributed by atoms with Crippen LogP contribution in [0.4, 0.5) is 5.82 Å². The largest absolute Gasteiger partial charge is 0.309 e. The second kappa shape index (κ2) is 7.76. The van der Waals surface area contributed by atoms with Crippen LogP contribution < -0.4 is 5.32 Å². The van der Waals surface area contributed by atoms with Gasteiger partial charge in [0, 0.05) is 25.2 Å². The number of hydrogen-bond donors (Lipinski definition) is 2. The Balaban J connectivity index is 1.34. The van der Waals surface area contributed by atoms with Crippen LogP contribution in [0.5, 0.6) is 0 Å². The van der Waals surface area contributed by atoms with Gasteiger partial charge in [-0.25, -0.2) is 0 Å². The zero-order chi connectivity index (χ0) is 18.6. The molecule has 0 saturated carbocycles. The lowest BCUT2D eigenvalue weighted by atomic mass is 10.1. The summed E-state index contributed by atoms with van der Waals surface area (Å²) in [6.07, 6.45) is 1.38. The fraction of sp³-hybridized carbons (Fsp3) is 0.273. The number of benzene rings is 2. The van der Waals surface area contributed by atoms with E-state index in [0.717, 1.165) is 48.4 Å². The molecule has 0 unspecified atom stereocenters. The number of rotatable bonds is 6. The van der Waals surface area contributed by atoms with Crippen molar-refractivity contribution in [2.75, 3.05) is 11.9 Å². The first-order valence-electron chi connectivity index (χ1n) is 9.35. The topological polar surface area (TPSA) is 61.0 Å². The van der Waals surface area contributed by atoms with Crippen molar-refractivity contribution in [2.45, 2.75) is 32.9 Å². The van der Waals surface area contributed by atoms with Crippen LogP contribution in [0.15, 0.2) is 54.6 Å². The third-order valence-electron chi connectivity index (χ3n) is 4.98. The van der Waals surface area contributed by atoms with Crippen molar-refractivity contribution in [1.29, 1.82) is 0 Å². The molecule has 4 rings (SSSR count). The molecule has 5 nitrogen and oxygen atoms in total. The number of nitrogens with one attached hydrogen (secondary N) is 2. The van der Waals surface area contributed by atoms with Crippen molar-refractivity contribution in [2.24, 2.45) is 0 Å². The minimum atomic E-state index is -0.0300. The first kappa shape index (κ1) is 17.5. The summed E-state index contributed by atoms with van der Waals surface area (Å²) >= 11 is 0. The molecule has 1 aliphatic rings. The van der Waals surface area contributed by atoms with Gasteiger partial charge in [-0.2, -0.15) is 5.10 Å². The minimum Gasteiger partial charge on any atom is -0.309 e. The van der Waals surface area contributed by atoms with Crippen molar-refractivity contribution in [1.82, 2.24) is 15.1 Å². The van der Waals surface area contributed by atoms with Crippen LogP contribution in [-0.4, -0.2) is 27.5 Å². The minimum absolute atomic E-state index is 0.0300. The number of H-pyrrole nitrogens is 1. The maximum atomic E-state index is 12.4. The van der Waals surface area contributed by atoms with Crippen molar-refractivity contribution in [3.05, 3.63) is 82.5 Å². The number of nitrogens with zero attached hydrogens (tertiary/aromatic N) is 2. The molecule has 3 aromatic rings. The fourth-order valence-corrected chi connectivity index (χ4v) is 3.58. The van der Waals surface area contributed by atoms with Crippen molar-refractivity contribution >= 4 is 11.7 Å². The predicted molar refractivity (Wildman–Crippen MR) is 106 cm³/mol. The van der Waals surface area contributed by atoms with Gasteiger partial charge in [-0.15, -0.1) is 0 Å². The molecular formula is C22H24N4O. The summed E-state index contributed by atoms with van der Waals surface area (Å²) in [6, 6.07) is 18.6. The van der Waals surface area contributed by atoms with Crippen molar-refractivity contribution in [3.63, 3.8) is 0 Å². The molecule has 1 amide bonds. The van der Waals surface area contributed by atoms with Crippen LogP contribution >= 0.6 is 0 Å². The molecule has 0 radical (unpaired) electrons. The van der Waals surface area contributed by atoms with Gasteiger partial charge in [-0.1, -0.05) is 60.2 Å². The van der Waals surface area contributed by atoms with Gasteiger partial charge in [0.2, 0.25) is 5.91 Å². The number of aryl methyl sites for hydroxylation is 1. The van der Waals surface area contributed by atoms with Gasteiger partial charge >= 0.3 is 0 Å². The average molecular weight is 360 g/mol. The van der Waals surface area contributed by atoms with E-state index in [-0.39, 0.29) is 5.91 Å². The molecule has 138 valence electrons. The summed E-state index contributed by atoms with van der Waals surface area (Å²) in [4.78, 5) is 14.8. The number of carbonyl (C=O) groups is 1. The number of aromatic nitrogens is 2. The third kappa shape index (κ3) is 4.26. The maximum Gasteiger partial charge on any atom is 0.230 e. The third-order valence-corrected chi connectivity index (χ3v) is 4.98. The summed E-state index contributed by atoms with van der Waals surface area (Å²) in [7, 11) is 0. The van der Waals surface area contributed by atoms with Gasteiger partial charge in [-0.05, 0) is 24.5 Å². The standard InChI is InChI=1S/C22H24N4O/c1-16-6-5-9-18(12-16)13-21(27)23-22-19-14-26(15-20(19)24-25-22)11-10-17-7-3-2-4-8-17/h2-9,12H,10-11,13-15H2,1H3,(H2,23,24,25,27). The number of hydrogen-bond acceptors (Lipinski definition) is 3. The van der Waals surface area contributed by atoms with E-state index >= 15 is 0 Å². The molecule has 5 heteroatoms. The second-order valence-electron chi connectivity index (χ2n) is 7.19. The molecule has 27 heavy (non-hydrogen) atoms. The number of amides is 1.